The third-order valence-corrected chi connectivity index (χ3v) is 3.48. The Hall–Kier alpha value is -1.14. The van der Waals surface area contributed by atoms with Gasteiger partial charge in [0, 0.05) is 19.2 Å². The molecule has 18 heavy (non-hydrogen) atoms. The van der Waals surface area contributed by atoms with Crippen LogP contribution in [-0.4, -0.2) is 29.2 Å². The van der Waals surface area contributed by atoms with E-state index in [1.165, 1.54) is 0 Å². The van der Waals surface area contributed by atoms with E-state index >= 15 is 0 Å². The highest BCUT2D eigenvalue weighted by Gasteiger charge is 2.20. The zero-order valence-corrected chi connectivity index (χ0v) is 11.5. The van der Waals surface area contributed by atoms with Crippen LogP contribution in [0.2, 0.25) is 0 Å². The van der Waals surface area contributed by atoms with E-state index in [0.29, 0.717) is 36.2 Å². The number of nitrogens with one attached hydrogen (secondary N) is 1. The van der Waals surface area contributed by atoms with Gasteiger partial charge in [0.2, 0.25) is 11.8 Å². The van der Waals surface area contributed by atoms with E-state index in [4.69, 9.17) is 9.84 Å². The molecule has 0 fully saturated rings. The second-order valence-corrected chi connectivity index (χ2v) is 4.90. The number of aliphatic hydroxyl groups is 1. The van der Waals surface area contributed by atoms with Gasteiger partial charge in [-0.15, -0.1) is 0 Å². The Morgan fingerprint density at radius 1 is 1.44 bits per heavy atom. The molecule has 0 saturated heterocycles. The predicted octanol–water partition coefficient (Wildman–Crippen LogP) is 1.88. The molecule has 6 heteroatoms. The number of anilines is 1. The van der Waals surface area contributed by atoms with Gasteiger partial charge in [-0.2, -0.15) is 0 Å². The van der Waals surface area contributed by atoms with E-state index in [2.05, 4.69) is 26.2 Å². The van der Waals surface area contributed by atoms with Crippen LogP contribution in [0.25, 0.3) is 0 Å². The van der Waals surface area contributed by atoms with Crippen molar-refractivity contribution in [3.05, 3.63) is 16.2 Å². The van der Waals surface area contributed by atoms with Crippen LogP contribution in [0.4, 0.5) is 5.69 Å². The fourth-order valence-corrected chi connectivity index (χ4v) is 2.33. The number of halogens is 1. The van der Waals surface area contributed by atoms with Gasteiger partial charge >= 0.3 is 0 Å². The monoisotopic (exact) mass is 314 g/mol. The lowest BCUT2D eigenvalue weighted by atomic mass is 10.1. The average molecular weight is 315 g/mol. The molecule has 0 aromatic carbocycles. The first-order valence-corrected chi connectivity index (χ1v) is 6.72. The molecular weight excluding hydrogens is 300 g/mol. The zero-order valence-electron chi connectivity index (χ0n) is 9.91. The van der Waals surface area contributed by atoms with Crippen molar-refractivity contribution >= 4 is 27.5 Å². The highest BCUT2D eigenvalue weighted by Crippen LogP contribution is 2.36. The van der Waals surface area contributed by atoms with Gasteiger partial charge in [-0.25, -0.2) is 4.98 Å². The molecule has 1 aliphatic rings. The van der Waals surface area contributed by atoms with Crippen molar-refractivity contribution < 1.29 is 14.6 Å². The van der Waals surface area contributed by atoms with Crippen molar-refractivity contribution in [1.82, 2.24) is 4.98 Å². The Kier molecular flexibility index (Phi) is 4.54. The lowest BCUT2D eigenvalue weighted by molar-refractivity contribution is -0.116. The molecule has 0 unspecified atom stereocenters. The first-order chi connectivity index (χ1) is 8.72. The van der Waals surface area contributed by atoms with Gasteiger partial charge in [-0.3, -0.25) is 4.79 Å². The topological polar surface area (TPSA) is 71.5 Å². The molecule has 0 radical (unpaired) electrons. The van der Waals surface area contributed by atoms with Crippen LogP contribution in [0.1, 0.15) is 24.8 Å². The van der Waals surface area contributed by atoms with Gasteiger partial charge in [-0.05, 0) is 40.8 Å². The van der Waals surface area contributed by atoms with Crippen molar-refractivity contribution in [3.63, 3.8) is 0 Å². The molecule has 0 saturated carbocycles. The van der Waals surface area contributed by atoms with E-state index in [-0.39, 0.29) is 12.5 Å². The maximum Gasteiger partial charge on any atom is 0.230 e. The molecule has 1 amide bonds. The standard InChI is InChI=1S/C12H15BrN2O3/c13-10-11-8(3-4-9(17)15-11)7-14-12(10)18-6-2-1-5-16/h7,16H,1-6H2,(H,15,17). The van der Waals surface area contributed by atoms with Gasteiger partial charge in [-0.1, -0.05) is 0 Å². The highest BCUT2D eigenvalue weighted by atomic mass is 79.9. The van der Waals surface area contributed by atoms with E-state index in [1.54, 1.807) is 6.20 Å². The largest absolute Gasteiger partial charge is 0.477 e. The molecule has 0 aliphatic carbocycles. The third-order valence-electron chi connectivity index (χ3n) is 2.74. The Bertz CT molecular complexity index is 451. The number of carbonyl (C=O) groups excluding carboxylic acids is 1. The smallest absolute Gasteiger partial charge is 0.230 e. The summed E-state index contributed by atoms with van der Waals surface area (Å²) in [7, 11) is 0. The summed E-state index contributed by atoms with van der Waals surface area (Å²) >= 11 is 3.41. The van der Waals surface area contributed by atoms with E-state index in [1.807, 2.05) is 0 Å². The summed E-state index contributed by atoms with van der Waals surface area (Å²) in [5.41, 5.74) is 1.78. The van der Waals surface area contributed by atoms with Crippen LogP contribution in [0, 0.1) is 0 Å². The Labute approximate surface area is 114 Å². The first kappa shape index (κ1) is 13.3. The molecule has 2 heterocycles. The molecule has 1 aliphatic heterocycles. The van der Waals surface area contributed by atoms with Crippen molar-refractivity contribution in [1.29, 1.82) is 0 Å². The van der Waals surface area contributed by atoms with Crippen LogP contribution in [0.15, 0.2) is 10.7 Å². The number of hydrogen-bond donors (Lipinski definition) is 2. The van der Waals surface area contributed by atoms with Gasteiger partial charge in [0.1, 0.15) is 4.47 Å². The van der Waals surface area contributed by atoms with Crippen molar-refractivity contribution in [2.75, 3.05) is 18.5 Å². The number of amides is 1. The first-order valence-electron chi connectivity index (χ1n) is 5.93. The lowest BCUT2D eigenvalue weighted by Gasteiger charge is -2.19. The summed E-state index contributed by atoms with van der Waals surface area (Å²) in [6.45, 7) is 0.664. The normalized spacial score (nSPS) is 14.0. The van der Waals surface area contributed by atoms with Crippen LogP contribution in [-0.2, 0) is 11.2 Å². The fourth-order valence-electron chi connectivity index (χ4n) is 1.76. The fraction of sp³-hybridized carbons (Fsp3) is 0.500. The second kappa shape index (κ2) is 6.15. The zero-order chi connectivity index (χ0) is 13.0. The number of aromatic nitrogens is 1. The maximum absolute atomic E-state index is 11.4. The van der Waals surface area contributed by atoms with E-state index in [0.717, 1.165) is 17.7 Å². The number of rotatable bonds is 5. The van der Waals surface area contributed by atoms with Gasteiger partial charge in [0.15, 0.2) is 0 Å². The van der Waals surface area contributed by atoms with Crippen LogP contribution in [0.5, 0.6) is 5.88 Å². The molecule has 2 N–H and O–H groups in total. The molecule has 1 aromatic rings. The molecule has 98 valence electrons. The molecule has 0 spiro atoms. The Morgan fingerprint density at radius 2 is 2.28 bits per heavy atom. The van der Waals surface area contributed by atoms with Gasteiger partial charge in [0.05, 0.1) is 12.3 Å². The Balaban J connectivity index is 2.08. The Morgan fingerprint density at radius 3 is 3.06 bits per heavy atom. The number of unbranched alkanes of at least 4 members (excludes halogenated alkanes) is 1. The molecule has 2 rings (SSSR count). The maximum atomic E-state index is 11.4. The molecular formula is C12H15BrN2O3. The summed E-state index contributed by atoms with van der Waals surface area (Å²) in [6.07, 6.45) is 4.42. The summed E-state index contributed by atoms with van der Waals surface area (Å²) < 4.78 is 6.21. The summed E-state index contributed by atoms with van der Waals surface area (Å²) in [4.78, 5) is 15.6. The SMILES string of the molecule is O=C1CCc2cnc(OCCCCO)c(Br)c2N1. The average Bonchev–Trinajstić information content (AvgIpc) is 2.38. The quantitative estimate of drug-likeness (QED) is 0.814. The minimum absolute atomic E-state index is 0.0145. The molecule has 5 nitrogen and oxygen atoms in total. The van der Waals surface area contributed by atoms with Crippen LogP contribution in [0.3, 0.4) is 0 Å². The summed E-state index contributed by atoms with van der Waals surface area (Å²) in [6, 6.07) is 0. The molecule has 0 atom stereocenters. The van der Waals surface area contributed by atoms with Crippen molar-refractivity contribution in [2.45, 2.75) is 25.7 Å². The van der Waals surface area contributed by atoms with Gasteiger partial charge in [0.25, 0.3) is 0 Å². The van der Waals surface area contributed by atoms with Crippen molar-refractivity contribution in [2.24, 2.45) is 0 Å². The van der Waals surface area contributed by atoms with Crippen molar-refractivity contribution in [3.8, 4) is 5.88 Å². The number of ether oxygens (including phenoxy) is 1. The predicted molar refractivity (Wildman–Crippen MR) is 70.7 cm³/mol. The second-order valence-electron chi connectivity index (χ2n) is 4.10. The number of aryl methyl sites for hydroxylation is 1. The van der Waals surface area contributed by atoms with E-state index < -0.39 is 0 Å². The minimum atomic E-state index is 0.0145. The lowest BCUT2D eigenvalue weighted by Crippen LogP contribution is -2.20. The number of nitrogens with zero attached hydrogens (tertiary/aromatic N) is 1. The van der Waals surface area contributed by atoms with Gasteiger partial charge < -0.3 is 15.2 Å². The number of pyridine rings is 1. The van der Waals surface area contributed by atoms with Crippen LogP contribution < -0.4 is 10.1 Å². The summed E-state index contributed by atoms with van der Waals surface area (Å²) in [5, 5.41) is 11.5. The third kappa shape index (κ3) is 3.00. The molecule has 1 aromatic heterocycles. The number of hydrogen-bond acceptors (Lipinski definition) is 4. The minimum Gasteiger partial charge on any atom is -0.477 e. The summed E-state index contributed by atoms with van der Waals surface area (Å²) in [5.74, 6) is 0.495. The number of fused-ring (bicyclic) bond motifs is 1. The van der Waals surface area contributed by atoms with Crippen LogP contribution >= 0.6 is 15.9 Å². The number of aliphatic hydroxyl groups excluding tert-OH is 1. The molecule has 0 bridgehead atoms. The highest BCUT2D eigenvalue weighted by molar-refractivity contribution is 9.10. The number of carbonyl (C=O) groups is 1. The van der Waals surface area contributed by atoms with E-state index in [9.17, 15) is 4.79 Å².